The first kappa shape index (κ1) is 20.8. The van der Waals surface area contributed by atoms with Gasteiger partial charge in [0.05, 0.1) is 0 Å². The molecule has 0 bridgehead atoms. The standard InChI is InChI=1S/C22H23F4N.CH4/c1-20(23,22(24,25)26)17-8-9-18-16(13-17)7-10-19-21(18,11-12-27-19)14-15-5-3-2-4-6-15;/h2-6,8-9,13,19,27H,7,10-12,14H2,1H3;1H4. The van der Waals surface area contributed by atoms with Crippen LogP contribution in [0.4, 0.5) is 17.6 Å². The van der Waals surface area contributed by atoms with Crippen molar-refractivity contribution in [1.29, 1.82) is 0 Å². The quantitative estimate of drug-likeness (QED) is 0.644. The maximum Gasteiger partial charge on any atom is 0.426 e. The topological polar surface area (TPSA) is 12.0 Å². The van der Waals surface area contributed by atoms with E-state index in [4.69, 9.17) is 0 Å². The molecular weight excluding hydrogens is 366 g/mol. The predicted octanol–water partition coefficient (Wildman–Crippen LogP) is 5.86. The van der Waals surface area contributed by atoms with Gasteiger partial charge in [0.2, 0.25) is 5.67 Å². The molecule has 0 saturated carbocycles. The Morgan fingerprint density at radius 1 is 1.07 bits per heavy atom. The zero-order valence-corrected chi connectivity index (χ0v) is 15.2. The Bertz CT molecular complexity index is 828. The van der Waals surface area contributed by atoms with Gasteiger partial charge in [-0.05, 0) is 61.4 Å². The van der Waals surface area contributed by atoms with E-state index in [1.165, 1.54) is 17.7 Å². The van der Waals surface area contributed by atoms with E-state index in [9.17, 15) is 17.6 Å². The van der Waals surface area contributed by atoms with Gasteiger partial charge < -0.3 is 5.32 Å². The molecule has 152 valence electrons. The molecule has 1 saturated heterocycles. The van der Waals surface area contributed by atoms with Crippen molar-refractivity contribution < 1.29 is 17.6 Å². The van der Waals surface area contributed by atoms with Gasteiger partial charge in [-0.2, -0.15) is 13.2 Å². The zero-order valence-electron chi connectivity index (χ0n) is 15.2. The average Bonchev–Trinajstić information content (AvgIpc) is 3.05. The molecule has 0 amide bonds. The third-order valence-electron chi connectivity index (χ3n) is 6.41. The molecule has 0 radical (unpaired) electrons. The molecular formula is C23H27F4N. The maximum absolute atomic E-state index is 14.5. The number of nitrogens with one attached hydrogen (secondary N) is 1. The second-order valence-electron chi connectivity index (χ2n) is 7.99. The largest absolute Gasteiger partial charge is 0.426 e. The smallest absolute Gasteiger partial charge is 0.313 e. The van der Waals surface area contributed by atoms with Crippen LogP contribution in [0.25, 0.3) is 0 Å². The van der Waals surface area contributed by atoms with Gasteiger partial charge in [0, 0.05) is 11.5 Å². The van der Waals surface area contributed by atoms with Crippen LogP contribution >= 0.6 is 0 Å². The minimum absolute atomic E-state index is 0. The lowest BCUT2D eigenvalue weighted by molar-refractivity contribution is -0.228. The van der Waals surface area contributed by atoms with Crippen LogP contribution in [0.2, 0.25) is 0 Å². The predicted molar refractivity (Wildman–Crippen MR) is 104 cm³/mol. The summed E-state index contributed by atoms with van der Waals surface area (Å²) >= 11 is 0. The molecule has 1 fully saturated rings. The second kappa shape index (κ2) is 7.18. The summed E-state index contributed by atoms with van der Waals surface area (Å²) in [6.45, 7) is 1.50. The third kappa shape index (κ3) is 3.24. The van der Waals surface area contributed by atoms with Crippen LogP contribution in [0, 0.1) is 0 Å². The van der Waals surface area contributed by atoms with Gasteiger partial charge in [-0.1, -0.05) is 56.0 Å². The SMILES string of the molecule is C.CC(F)(c1ccc2c(c1)CCC1NCCC21Cc1ccccc1)C(F)(F)F. The molecule has 1 N–H and O–H groups in total. The molecule has 0 aromatic heterocycles. The highest BCUT2D eigenvalue weighted by atomic mass is 19.4. The van der Waals surface area contributed by atoms with Crippen molar-refractivity contribution in [2.24, 2.45) is 0 Å². The molecule has 28 heavy (non-hydrogen) atoms. The fourth-order valence-electron chi connectivity index (χ4n) is 4.85. The van der Waals surface area contributed by atoms with E-state index in [2.05, 4.69) is 17.4 Å². The van der Waals surface area contributed by atoms with Crippen molar-refractivity contribution in [1.82, 2.24) is 5.32 Å². The first-order valence-electron chi connectivity index (χ1n) is 9.41. The Hall–Kier alpha value is -1.88. The number of hydrogen-bond acceptors (Lipinski definition) is 1. The first-order valence-corrected chi connectivity index (χ1v) is 9.41. The number of rotatable bonds is 3. The Labute approximate surface area is 164 Å². The van der Waals surface area contributed by atoms with Crippen LogP contribution in [0.15, 0.2) is 48.5 Å². The summed E-state index contributed by atoms with van der Waals surface area (Å²) in [5.41, 5.74) is -0.620. The van der Waals surface area contributed by atoms with E-state index in [-0.39, 0.29) is 18.4 Å². The molecule has 1 aliphatic carbocycles. The summed E-state index contributed by atoms with van der Waals surface area (Å²) in [6.07, 6.45) is -1.62. The van der Waals surface area contributed by atoms with Crippen molar-refractivity contribution in [3.8, 4) is 0 Å². The van der Waals surface area contributed by atoms with Crippen molar-refractivity contribution >= 4 is 0 Å². The Balaban J connectivity index is 0.00000225. The molecule has 3 unspecified atom stereocenters. The molecule has 1 nitrogen and oxygen atoms in total. The lowest BCUT2D eigenvalue weighted by Gasteiger charge is -2.42. The third-order valence-corrected chi connectivity index (χ3v) is 6.41. The Kier molecular flexibility index (Phi) is 5.34. The summed E-state index contributed by atoms with van der Waals surface area (Å²) in [5, 5.41) is 3.58. The summed E-state index contributed by atoms with van der Waals surface area (Å²) < 4.78 is 53.9. The normalized spacial score (nSPS) is 26.0. The molecule has 0 spiro atoms. The van der Waals surface area contributed by atoms with Gasteiger partial charge in [-0.3, -0.25) is 0 Å². The van der Waals surface area contributed by atoms with E-state index < -0.39 is 11.8 Å². The average molecular weight is 393 g/mol. The monoisotopic (exact) mass is 393 g/mol. The number of fused-ring (bicyclic) bond motifs is 3. The fourth-order valence-corrected chi connectivity index (χ4v) is 4.85. The first-order chi connectivity index (χ1) is 12.7. The van der Waals surface area contributed by atoms with E-state index in [1.54, 1.807) is 6.07 Å². The van der Waals surface area contributed by atoms with Gasteiger partial charge >= 0.3 is 6.18 Å². The van der Waals surface area contributed by atoms with Crippen LogP contribution < -0.4 is 5.32 Å². The summed E-state index contributed by atoms with van der Waals surface area (Å²) in [6, 6.07) is 15.0. The summed E-state index contributed by atoms with van der Waals surface area (Å²) in [7, 11) is 0. The molecule has 2 aliphatic rings. The molecule has 2 aromatic carbocycles. The summed E-state index contributed by atoms with van der Waals surface area (Å²) in [4.78, 5) is 0. The van der Waals surface area contributed by atoms with Crippen LogP contribution in [-0.2, 0) is 23.9 Å². The lowest BCUT2D eigenvalue weighted by Crippen LogP contribution is -2.46. The van der Waals surface area contributed by atoms with Gasteiger partial charge in [0.1, 0.15) is 0 Å². The van der Waals surface area contributed by atoms with Crippen molar-refractivity contribution in [2.75, 3.05) is 6.54 Å². The van der Waals surface area contributed by atoms with E-state index >= 15 is 0 Å². The highest BCUT2D eigenvalue weighted by Gasteiger charge is 2.54. The second-order valence-corrected chi connectivity index (χ2v) is 7.99. The van der Waals surface area contributed by atoms with E-state index in [0.29, 0.717) is 19.4 Å². The molecule has 4 rings (SSSR count). The molecule has 5 heteroatoms. The zero-order chi connectivity index (χ0) is 19.3. The Morgan fingerprint density at radius 3 is 2.46 bits per heavy atom. The van der Waals surface area contributed by atoms with Crippen LogP contribution in [0.1, 0.15) is 49.4 Å². The number of aryl methyl sites for hydroxylation is 1. The maximum atomic E-state index is 14.5. The van der Waals surface area contributed by atoms with Crippen LogP contribution in [-0.4, -0.2) is 18.8 Å². The highest BCUT2D eigenvalue weighted by molar-refractivity contribution is 5.45. The number of halogens is 4. The van der Waals surface area contributed by atoms with E-state index in [1.807, 2.05) is 18.2 Å². The highest BCUT2D eigenvalue weighted by Crippen LogP contribution is 2.48. The number of benzene rings is 2. The number of hydrogen-bond donors (Lipinski definition) is 1. The molecule has 2 aromatic rings. The van der Waals surface area contributed by atoms with Gasteiger partial charge in [-0.15, -0.1) is 0 Å². The van der Waals surface area contributed by atoms with E-state index in [0.717, 1.165) is 36.9 Å². The van der Waals surface area contributed by atoms with Gasteiger partial charge in [-0.25, -0.2) is 4.39 Å². The minimum atomic E-state index is -4.92. The lowest BCUT2D eigenvalue weighted by atomic mass is 9.63. The fraction of sp³-hybridized carbons (Fsp3) is 0.478. The molecule has 1 aliphatic heterocycles. The van der Waals surface area contributed by atoms with Crippen LogP contribution in [0.3, 0.4) is 0 Å². The minimum Gasteiger partial charge on any atom is -0.313 e. The van der Waals surface area contributed by atoms with Gasteiger partial charge in [0.15, 0.2) is 0 Å². The van der Waals surface area contributed by atoms with Gasteiger partial charge in [0.25, 0.3) is 0 Å². The van der Waals surface area contributed by atoms with Crippen LogP contribution in [0.5, 0.6) is 0 Å². The number of alkyl halides is 4. The summed E-state index contributed by atoms with van der Waals surface area (Å²) in [5.74, 6) is 0. The Morgan fingerprint density at radius 2 is 1.79 bits per heavy atom. The van der Waals surface area contributed by atoms with Crippen molar-refractivity contribution in [2.45, 2.75) is 63.3 Å². The molecule has 3 atom stereocenters. The molecule has 1 heterocycles. The van der Waals surface area contributed by atoms with Crippen molar-refractivity contribution in [3.05, 3.63) is 70.8 Å². The van der Waals surface area contributed by atoms with Crippen molar-refractivity contribution in [3.63, 3.8) is 0 Å².